The number of fused-ring (bicyclic) bond motifs is 1. The smallest absolute Gasteiger partial charge is 0.303 e. The van der Waals surface area contributed by atoms with Gasteiger partial charge in [-0.15, -0.1) is 0 Å². The lowest BCUT2D eigenvalue weighted by Gasteiger charge is -2.23. The highest BCUT2D eigenvalue weighted by Crippen LogP contribution is 2.29. The number of methoxy groups -OCH3 is 1. The topological polar surface area (TPSA) is 72.8 Å². The maximum atomic E-state index is 11.8. The minimum atomic E-state index is -0.794. The molecule has 1 aliphatic rings. The standard InChI is InChI=1S/C18H24O5/c1-12-16(7-8-23-11-22-2)13(4-6-18(20)21)9-14-3-5-15(19)10-17(12)14/h9H,3-8,10-11H2,1-2H3,(H,20,21). The van der Waals surface area contributed by atoms with Gasteiger partial charge in [-0.3, -0.25) is 9.59 Å². The molecule has 1 aromatic rings. The van der Waals surface area contributed by atoms with E-state index in [9.17, 15) is 9.59 Å². The van der Waals surface area contributed by atoms with Gasteiger partial charge in [0.2, 0.25) is 0 Å². The molecule has 5 nitrogen and oxygen atoms in total. The van der Waals surface area contributed by atoms with E-state index in [1.165, 1.54) is 5.56 Å². The van der Waals surface area contributed by atoms with E-state index in [2.05, 4.69) is 6.07 Å². The van der Waals surface area contributed by atoms with Gasteiger partial charge in [0.05, 0.1) is 6.61 Å². The monoisotopic (exact) mass is 320 g/mol. The zero-order chi connectivity index (χ0) is 16.8. The van der Waals surface area contributed by atoms with Crippen molar-refractivity contribution in [3.05, 3.63) is 33.9 Å². The van der Waals surface area contributed by atoms with Crippen LogP contribution in [-0.2, 0) is 44.7 Å². The summed E-state index contributed by atoms with van der Waals surface area (Å²) >= 11 is 0. The SMILES string of the molecule is COCOCCc1c(CCC(=O)O)cc2c(c1C)CC(=O)CC2. The summed E-state index contributed by atoms with van der Waals surface area (Å²) in [6.45, 7) is 2.79. The third-order valence-corrected chi connectivity index (χ3v) is 4.38. The van der Waals surface area contributed by atoms with Gasteiger partial charge in [-0.2, -0.15) is 0 Å². The molecule has 0 bridgehead atoms. The van der Waals surface area contributed by atoms with Gasteiger partial charge in [-0.1, -0.05) is 6.07 Å². The summed E-state index contributed by atoms with van der Waals surface area (Å²) in [7, 11) is 1.58. The molecule has 1 N–H and O–H groups in total. The third-order valence-electron chi connectivity index (χ3n) is 4.38. The highest BCUT2D eigenvalue weighted by molar-refractivity contribution is 5.84. The van der Waals surface area contributed by atoms with Crippen LogP contribution < -0.4 is 0 Å². The number of carboxylic acid groups (broad SMARTS) is 1. The largest absolute Gasteiger partial charge is 0.481 e. The van der Waals surface area contributed by atoms with Gasteiger partial charge in [-0.25, -0.2) is 0 Å². The summed E-state index contributed by atoms with van der Waals surface area (Å²) in [5.74, 6) is -0.516. The fourth-order valence-electron chi connectivity index (χ4n) is 3.21. The van der Waals surface area contributed by atoms with Gasteiger partial charge < -0.3 is 14.6 Å². The van der Waals surface area contributed by atoms with Crippen molar-refractivity contribution in [1.82, 2.24) is 0 Å². The van der Waals surface area contributed by atoms with Crippen LogP contribution in [0.25, 0.3) is 0 Å². The summed E-state index contributed by atoms with van der Waals surface area (Å²) in [6.07, 6.45) is 3.16. The van der Waals surface area contributed by atoms with Crippen LogP contribution in [0.5, 0.6) is 0 Å². The Morgan fingerprint density at radius 1 is 1.30 bits per heavy atom. The summed E-state index contributed by atoms with van der Waals surface area (Å²) in [5.41, 5.74) is 5.64. The van der Waals surface area contributed by atoms with Crippen molar-refractivity contribution in [1.29, 1.82) is 0 Å². The van der Waals surface area contributed by atoms with E-state index < -0.39 is 5.97 Å². The molecule has 0 aliphatic heterocycles. The zero-order valence-corrected chi connectivity index (χ0v) is 13.8. The fourth-order valence-corrected chi connectivity index (χ4v) is 3.21. The summed E-state index contributed by atoms with van der Waals surface area (Å²) < 4.78 is 10.3. The third kappa shape index (κ3) is 4.62. The molecule has 0 radical (unpaired) electrons. The van der Waals surface area contributed by atoms with Gasteiger partial charge in [0.25, 0.3) is 0 Å². The molecule has 126 valence electrons. The average molecular weight is 320 g/mol. The Labute approximate surface area is 136 Å². The molecule has 23 heavy (non-hydrogen) atoms. The molecule has 1 aliphatic carbocycles. The lowest BCUT2D eigenvalue weighted by Crippen LogP contribution is -2.18. The van der Waals surface area contributed by atoms with Crippen molar-refractivity contribution in [2.45, 2.75) is 45.4 Å². The van der Waals surface area contributed by atoms with Crippen LogP contribution in [0.4, 0.5) is 0 Å². The molecule has 0 unspecified atom stereocenters. The Morgan fingerprint density at radius 2 is 2.09 bits per heavy atom. The highest BCUT2D eigenvalue weighted by Gasteiger charge is 2.21. The van der Waals surface area contributed by atoms with Gasteiger partial charge in [-0.05, 0) is 54.0 Å². The van der Waals surface area contributed by atoms with Crippen molar-refractivity contribution >= 4 is 11.8 Å². The predicted molar refractivity (Wildman–Crippen MR) is 85.7 cm³/mol. The number of aliphatic carboxylic acids is 1. The lowest BCUT2D eigenvalue weighted by atomic mass is 9.82. The van der Waals surface area contributed by atoms with Crippen molar-refractivity contribution in [3.63, 3.8) is 0 Å². The Kier molecular flexibility index (Phi) is 6.30. The number of Topliss-reactive ketones (excluding diaryl/α,β-unsaturated/α-hetero) is 1. The number of carboxylic acids is 1. The number of rotatable bonds is 8. The second kappa shape index (κ2) is 8.22. The van der Waals surface area contributed by atoms with Crippen molar-refractivity contribution < 1.29 is 24.2 Å². The first-order valence-electron chi connectivity index (χ1n) is 7.96. The number of ether oxygens (including phenoxy) is 2. The summed E-state index contributed by atoms with van der Waals surface area (Å²) in [5, 5.41) is 8.97. The van der Waals surface area contributed by atoms with E-state index in [1.807, 2.05) is 6.92 Å². The van der Waals surface area contributed by atoms with Crippen LogP contribution in [0.2, 0.25) is 0 Å². The van der Waals surface area contributed by atoms with Crippen molar-refractivity contribution in [2.24, 2.45) is 0 Å². The molecule has 0 fully saturated rings. The minimum absolute atomic E-state index is 0.114. The van der Waals surface area contributed by atoms with E-state index in [1.54, 1.807) is 7.11 Å². The first kappa shape index (κ1) is 17.6. The van der Waals surface area contributed by atoms with Crippen molar-refractivity contribution in [2.75, 3.05) is 20.5 Å². The zero-order valence-electron chi connectivity index (χ0n) is 13.8. The number of hydrogen-bond donors (Lipinski definition) is 1. The van der Waals surface area contributed by atoms with E-state index in [0.29, 0.717) is 32.3 Å². The highest BCUT2D eigenvalue weighted by atomic mass is 16.7. The Morgan fingerprint density at radius 3 is 2.78 bits per heavy atom. The minimum Gasteiger partial charge on any atom is -0.481 e. The molecule has 0 atom stereocenters. The molecule has 0 spiro atoms. The molecular weight excluding hydrogens is 296 g/mol. The molecule has 1 aromatic carbocycles. The Bertz CT molecular complexity index is 592. The molecular formula is C18H24O5. The Hall–Kier alpha value is -1.72. The second-order valence-electron chi connectivity index (χ2n) is 5.95. The maximum absolute atomic E-state index is 11.8. The van der Waals surface area contributed by atoms with Gasteiger partial charge >= 0.3 is 5.97 Å². The first-order valence-corrected chi connectivity index (χ1v) is 7.96. The van der Waals surface area contributed by atoms with E-state index in [0.717, 1.165) is 28.7 Å². The molecule has 2 rings (SSSR count). The maximum Gasteiger partial charge on any atom is 0.303 e. The van der Waals surface area contributed by atoms with E-state index in [4.69, 9.17) is 14.6 Å². The van der Waals surface area contributed by atoms with Crippen LogP contribution in [0.15, 0.2) is 6.07 Å². The normalized spacial score (nSPS) is 13.9. The number of carbonyl (C=O) groups is 2. The molecule has 0 amide bonds. The Balaban J connectivity index is 2.28. The molecule has 0 saturated heterocycles. The van der Waals surface area contributed by atoms with Gasteiger partial charge in [0.1, 0.15) is 12.6 Å². The number of carbonyl (C=O) groups excluding carboxylic acids is 1. The van der Waals surface area contributed by atoms with Crippen LogP contribution >= 0.6 is 0 Å². The number of aryl methyl sites for hydroxylation is 2. The summed E-state index contributed by atoms with van der Waals surface area (Å²) in [4.78, 5) is 22.7. The van der Waals surface area contributed by atoms with Crippen LogP contribution in [0.1, 0.15) is 40.7 Å². The van der Waals surface area contributed by atoms with Gasteiger partial charge in [0, 0.05) is 26.4 Å². The molecule has 5 heteroatoms. The van der Waals surface area contributed by atoms with E-state index in [-0.39, 0.29) is 19.0 Å². The molecule has 0 aromatic heterocycles. The average Bonchev–Trinajstić information content (AvgIpc) is 2.52. The quantitative estimate of drug-likeness (QED) is 0.587. The summed E-state index contributed by atoms with van der Waals surface area (Å²) in [6, 6.07) is 2.10. The predicted octanol–water partition coefficient (Wildman–Crippen LogP) is 2.23. The lowest BCUT2D eigenvalue weighted by molar-refractivity contribution is -0.137. The van der Waals surface area contributed by atoms with Crippen molar-refractivity contribution in [3.8, 4) is 0 Å². The number of hydrogen-bond acceptors (Lipinski definition) is 4. The number of benzene rings is 1. The fraction of sp³-hybridized carbons (Fsp3) is 0.556. The number of ketones is 1. The van der Waals surface area contributed by atoms with Crippen LogP contribution in [-0.4, -0.2) is 37.4 Å². The first-order chi connectivity index (χ1) is 11.0. The molecule has 0 heterocycles. The second-order valence-corrected chi connectivity index (χ2v) is 5.95. The molecule has 0 saturated carbocycles. The van der Waals surface area contributed by atoms with E-state index >= 15 is 0 Å². The van der Waals surface area contributed by atoms with Crippen LogP contribution in [0, 0.1) is 6.92 Å². The van der Waals surface area contributed by atoms with Crippen LogP contribution in [0.3, 0.4) is 0 Å². The van der Waals surface area contributed by atoms with Gasteiger partial charge in [0.15, 0.2) is 0 Å².